The Balaban J connectivity index is 1.64. The van der Waals surface area contributed by atoms with Crippen molar-refractivity contribution < 1.29 is 13.9 Å². The predicted octanol–water partition coefficient (Wildman–Crippen LogP) is 3.13. The van der Waals surface area contributed by atoms with Crippen LogP contribution in [0.25, 0.3) is 0 Å². The summed E-state index contributed by atoms with van der Waals surface area (Å²) in [6, 6.07) is 6.29. The summed E-state index contributed by atoms with van der Waals surface area (Å²) < 4.78 is 25.0. The van der Waals surface area contributed by atoms with Crippen LogP contribution in [0.5, 0.6) is 5.75 Å². The molecule has 0 aliphatic carbocycles. The van der Waals surface area contributed by atoms with Crippen LogP contribution in [0.3, 0.4) is 0 Å². The molecule has 2 aromatic rings. The molecule has 2 saturated heterocycles. The monoisotopic (exact) mass is 430 g/mol. The van der Waals surface area contributed by atoms with E-state index in [2.05, 4.69) is 14.8 Å². The first-order valence-corrected chi connectivity index (χ1v) is 11.1. The van der Waals surface area contributed by atoms with Gasteiger partial charge in [0.15, 0.2) is 0 Å². The average molecular weight is 431 g/mol. The number of morpholine rings is 1. The van der Waals surface area contributed by atoms with Crippen LogP contribution in [0.2, 0.25) is 0 Å². The summed E-state index contributed by atoms with van der Waals surface area (Å²) in [5.74, 6) is 1.68. The van der Waals surface area contributed by atoms with Gasteiger partial charge in [0.25, 0.3) is 5.56 Å². The Morgan fingerprint density at radius 3 is 2.94 bits per heavy atom. The predicted molar refractivity (Wildman–Crippen MR) is 119 cm³/mol. The number of halogens is 1. The lowest BCUT2D eigenvalue weighted by Crippen LogP contribution is -2.43. The highest BCUT2D eigenvalue weighted by Gasteiger charge is 2.26. The van der Waals surface area contributed by atoms with Gasteiger partial charge in [-0.2, -0.15) is 4.98 Å². The molecule has 4 rings (SSSR count). The molecule has 8 heteroatoms. The van der Waals surface area contributed by atoms with E-state index in [0.29, 0.717) is 43.6 Å². The van der Waals surface area contributed by atoms with E-state index in [0.717, 1.165) is 37.8 Å². The van der Waals surface area contributed by atoms with Crippen molar-refractivity contribution in [3.63, 3.8) is 0 Å². The van der Waals surface area contributed by atoms with E-state index in [9.17, 15) is 9.18 Å². The molecule has 0 bridgehead atoms. The van der Waals surface area contributed by atoms with Gasteiger partial charge in [-0.05, 0) is 49.9 Å². The minimum absolute atomic E-state index is 0.0974. The molecule has 0 unspecified atom stereocenters. The molecule has 31 heavy (non-hydrogen) atoms. The number of hydrogen-bond donors (Lipinski definition) is 1. The van der Waals surface area contributed by atoms with Crippen LogP contribution in [0.4, 0.5) is 16.2 Å². The number of hydrogen-bond acceptors (Lipinski definition) is 6. The van der Waals surface area contributed by atoms with Gasteiger partial charge in [-0.25, -0.2) is 4.39 Å². The lowest BCUT2D eigenvalue weighted by molar-refractivity contribution is 0.0529. The maximum absolute atomic E-state index is 13.9. The molecule has 2 fully saturated rings. The van der Waals surface area contributed by atoms with Crippen LogP contribution in [0, 0.1) is 5.82 Å². The molecule has 2 atom stereocenters. The molecule has 2 aliphatic rings. The second-order valence-corrected chi connectivity index (χ2v) is 8.41. The lowest BCUT2D eigenvalue weighted by Gasteiger charge is -2.34. The molecule has 0 radical (unpaired) electrons. The van der Waals surface area contributed by atoms with Crippen molar-refractivity contribution in [3.05, 3.63) is 46.0 Å². The minimum Gasteiger partial charge on any atom is -0.496 e. The van der Waals surface area contributed by atoms with E-state index in [1.165, 1.54) is 6.07 Å². The highest BCUT2D eigenvalue weighted by molar-refractivity contribution is 5.45. The summed E-state index contributed by atoms with van der Waals surface area (Å²) in [4.78, 5) is 24.6. The molecule has 1 aromatic heterocycles. The number of nitrogens with zero attached hydrogens (tertiary/aromatic N) is 3. The summed E-state index contributed by atoms with van der Waals surface area (Å²) in [5, 5.41) is 0. The summed E-state index contributed by atoms with van der Waals surface area (Å²) in [6.45, 7) is 4.87. The van der Waals surface area contributed by atoms with Gasteiger partial charge in [0, 0.05) is 31.7 Å². The van der Waals surface area contributed by atoms with E-state index in [1.807, 2.05) is 6.92 Å². The molecule has 168 valence electrons. The SMILES string of the molecule is COc1ccc(F)cc1C[C@@H]1CCCCCN1c1nc(N2CCO[C@H](C)C2)cc(=O)[nH]1. The fourth-order valence-electron chi connectivity index (χ4n) is 4.59. The van der Waals surface area contributed by atoms with Gasteiger partial charge in [0.2, 0.25) is 5.95 Å². The zero-order chi connectivity index (χ0) is 21.8. The van der Waals surface area contributed by atoms with Crippen molar-refractivity contribution in [3.8, 4) is 5.75 Å². The first kappa shape index (κ1) is 21.6. The first-order chi connectivity index (χ1) is 15.0. The van der Waals surface area contributed by atoms with Crippen LogP contribution in [-0.4, -0.2) is 55.5 Å². The molecular weight excluding hydrogens is 399 g/mol. The van der Waals surface area contributed by atoms with Gasteiger partial charge in [-0.1, -0.05) is 12.8 Å². The van der Waals surface area contributed by atoms with Crippen molar-refractivity contribution >= 4 is 11.8 Å². The van der Waals surface area contributed by atoms with Crippen LogP contribution in [0.15, 0.2) is 29.1 Å². The van der Waals surface area contributed by atoms with Gasteiger partial charge >= 0.3 is 0 Å². The molecule has 0 saturated carbocycles. The van der Waals surface area contributed by atoms with Crippen LogP contribution < -0.4 is 20.1 Å². The van der Waals surface area contributed by atoms with E-state index in [4.69, 9.17) is 14.5 Å². The van der Waals surface area contributed by atoms with Crippen LogP contribution in [0.1, 0.15) is 38.2 Å². The van der Waals surface area contributed by atoms with Gasteiger partial charge < -0.3 is 19.3 Å². The zero-order valence-corrected chi connectivity index (χ0v) is 18.3. The number of ether oxygens (including phenoxy) is 2. The Labute approximate surface area is 182 Å². The third kappa shape index (κ3) is 5.18. The highest BCUT2D eigenvalue weighted by Crippen LogP contribution is 2.28. The largest absolute Gasteiger partial charge is 0.496 e. The standard InChI is InChI=1S/C23H31FN4O3/c1-16-15-27(10-11-31-16)21-14-22(29)26-23(25-21)28-9-5-3-4-6-19(28)13-17-12-18(24)7-8-20(17)30-2/h7-8,12,14,16,19H,3-6,9-11,13,15H2,1-2H3,(H,25,26,29)/t16-,19+/m1/s1. The molecule has 2 aliphatic heterocycles. The van der Waals surface area contributed by atoms with E-state index in [-0.39, 0.29) is 23.5 Å². The van der Waals surface area contributed by atoms with Crippen LogP contribution >= 0.6 is 0 Å². The summed E-state index contributed by atoms with van der Waals surface area (Å²) in [6.07, 6.45) is 4.91. The smallest absolute Gasteiger partial charge is 0.254 e. The van der Waals surface area contributed by atoms with Crippen molar-refractivity contribution in [2.24, 2.45) is 0 Å². The fourth-order valence-corrected chi connectivity index (χ4v) is 4.59. The Morgan fingerprint density at radius 2 is 2.13 bits per heavy atom. The molecule has 3 heterocycles. The summed E-state index contributed by atoms with van der Waals surface area (Å²) in [5.41, 5.74) is 0.672. The first-order valence-electron chi connectivity index (χ1n) is 11.1. The number of benzene rings is 1. The van der Waals surface area contributed by atoms with Gasteiger partial charge in [-0.15, -0.1) is 0 Å². The molecule has 1 N–H and O–H groups in total. The maximum Gasteiger partial charge on any atom is 0.254 e. The van der Waals surface area contributed by atoms with Crippen LogP contribution in [-0.2, 0) is 11.2 Å². The van der Waals surface area contributed by atoms with Gasteiger partial charge in [0.1, 0.15) is 17.4 Å². The molecular formula is C23H31FN4O3. The number of aromatic amines is 1. The Bertz CT molecular complexity index is 951. The summed E-state index contributed by atoms with van der Waals surface area (Å²) in [7, 11) is 1.60. The zero-order valence-electron chi connectivity index (χ0n) is 18.3. The number of H-pyrrole nitrogens is 1. The maximum atomic E-state index is 13.9. The molecule has 0 spiro atoms. The van der Waals surface area contributed by atoms with E-state index >= 15 is 0 Å². The number of anilines is 2. The fraction of sp³-hybridized carbons (Fsp3) is 0.565. The lowest BCUT2D eigenvalue weighted by atomic mass is 10.00. The molecule has 0 amide bonds. The topological polar surface area (TPSA) is 70.7 Å². The summed E-state index contributed by atoms with van der Waals surface area (Å²) >= 11 is 0. The highest BCUT2D eigenvalue weighted by atomic mass is 19.1. The van der Waals surface area contributed by atoms with Crippen molar-refractivity contribution in [2.45, 2.75) is 51.2 Å². The van der Waals surface area contributed by atoms with E-state index < -0.39 is 0 Å². The molecule has 1 aromatic carbocycles. The number of rotatable bonds is 5. The second-order valence-electron chi connectivity index (χ2n) is 8.41. The number of methoxy groups -OCH3 is 1. The Morgan fingerprint density at radius 1 is 1.26 bits per heavy atom. The van der Waals surface area contributed by atoms with Crippen molar-refractivity contribution in [1.29, 1.82) is 0 Å². The van der Waals surface area contributed by atoms with Crippen molar-refractivity contribution in [2.75, 3.05) is 43.2 Å². The Kier molecular flexibility index (Phi) is 6.75. The normalized spacial score (nSPS) is 22.3. The van der Waals surface area contributed by atoms with E-state index in [1.54, 1.807) is 25.3 Å². The van der Waals surface area contributed by atoms with Crippen molar-refractivity contribution in [1.82, 2.24) is 9.97 Å². The average Bonchev–Trinajstić information content (AvgIpc) is 2.99. The molecule has 7 nitrogen and oxygen atoms in total. The number of nitrogens with one attached hydrogen (secondary N) is 1. The third-order valence-electron chi connectivity index (χ3n) is 6.13. The Hall–Kier alpha value is -2.61. The minimum atomic E-state index is -0.272. The third-order valence-corrected chi connectivity index (χ3v) is 6.13. The van der Waals surface area contributed by atoms with Gasteiger partial charge in [0.05, 0.1) is 19.8 Å². The number of aromatic nitrogens is 2. The second kappa shape index (κ2) is 9.68. The quantitative estimate of drug-likeness (QED) is 0.786. The van der Waals surface area contributed by atoms with Gasteiger partial charge in [-0.3, -0.25) is 9.78 Å².